The number of aromatic nitrogens is 2. The summed E-state index contributed by atoms with van der Waals surface area (Å²) in [6, 6.07) is 5.43. The molecule has 9 heteroatoms. The van der Waals surface area contributed by atoms with Gasteiger partial charge < -0.3 is 4.98 Å². The highest BCUT2D eigenvalue weighted by atomic mass is 32.2. The van der Waals surface area contributed by atoms with Crippen molar-refractivity contribution in [1.29, 1.82) is 0 Å². The van der Waals surface area contributed by atoms with Gasteiger partial charge in [-0.2, -0.15) is 0 Å². The number of thioether (sulfide) groups is 1. The zero-order valence-corrected chi connectivity index (χ0v) is 15.0. The number of ketones is 1. The summed E-state index contributed by atoms with van der Waals surface area (Å²) in [5, 5.41) is 11.6. The average Bonchev–Trinajstić information content (AvgIpc) is 2.87. The number of hydrogen-bond acceptors (Lipinski definition) is 7. The number of carbonyl (C=O) groups is 1. The zero-order valence-electron chi connectivity index (χ0n) is 13.4. The molecule has 7 nitrogen and oxygen atoms in total. The topological polar surface area (TPSA) is 106 Å². The number of Topliss-reactive ketones (excluding diaryl/α,β-unsaturated/α-hetero) is 1. The highest BCUT2D eigenvalue weighted by Crippen LogP contribution is 2.27. The SMILES string of the molecule is Cc1sc2nc(SCC(=O)c3ccc([N+](=O)[O-])cc3)[nH]c(=O)c2c1C. The Hall–Kier alpha value is -2.52. The number of H-pyrrole nitrogens is 1. The van der Waals surface area contributed by atoms with Crippen LogP contribution in [0, 0.1) is 24.0 Å². The first kappa shape index (κ1) is 17.3. The van der Waals surface area contributed by atoms with Crippen LogP contribution in [0.5, 0.6) is 0 Å². The lowest BCUT2D eigenvalue weighted by molar-refractivity contribution is -0.384. The number of aryl methyl sites for hydroxylation is 2. The lowest BCUT2D eigenvalue weighted by Gasteiger charge is -2.02. The highest BCUT2D eigenvalue weighted by molar-refractivity contribution is 7.99. The molecule has 0 saturated heterocycles. The third kappa shape index (κ3) is 3.47. The molecule has 3 aromatic rings. The molecule has 0 unspecified atom stereocenters. The molecule has 0 atom stereocenters. The molecule has 0 aliphatic rings. The number of nitro groups is 1. The molecular formula is C16H13N3O4S2. The van der Waals surface area contributed by atoms with E-state index in [9.17, 15) is 19.7 Å². The van der Waals surface area contributed by atoms with Crippen LogP contribution in [0.15, 0.2) is 34.2 Å². The van der Waals surface area contributed by atoms with Crippen LogP contribution >= 0.6 is 23.1 Å². The maximum Gasteiger partial charge on any atom is 0.269 e. The van der Waals surface area contributed by atoms with Crippen LogP contribution in [-0.4, -0.2) is 26.4 Å². The monoisotopic (exact) mass is 375 g/mol. The van der Waals surface area contributed by atoms with Gasteiger partial charge in [-0.05, 0) is 31.5 Å². The van der Waals surface area contributed by atoms with Gasteiger partial charge in [0.05, 0.1) is 16.1 Å². The zero-order chi connectivity index (χ0) is 18.1. The van der Waals surface area contributed by atoms with Gasteiger partial charge in [0.1, 0.15) is 4.83 Å². The Morgan fingerprint density at radius 3 is 2.64 bits per heavy atom. The fraction of sp³-hybridized carbons (Fsp3) is 0.188. The summed E-state index contributed by atoms with van der Waals surface area (Å²) in [6.45, 7) is 3.82. The minimum atomic E-state index is -0.516. The fourth-order valence-corrected chi connectivity index (χ4v) is 4.13. The van der Waals surface area contributed by atoms with Crippen LogP contribution in [0.4, 0.5) is 5.69 Å². The summed E-state index contributed by atoms with van der Waals surface area (Å²) in [5.74, 6) is -0.114. The molecule has 0 radical (unpaired) electrons. The summed E-state index contributed by atoms with van der Waals surface area (Å²) in [4.78, 5) is 43.3. The molecule has 25 heavy (non-hydrogen) atoms. The van der Waals surface area contributed by atoms with Crippen LogP contribution in [0.25, 0.3) is 10.2 Å². The van der Waals surface area contributed by atoms with Crippen molar-refractivity contribution in [2.75, 3.05) is 5.75 Å². The number of rotatable bonds is 5. The maximum absolute atomic E-state index is 12.2. The van der Waals surface area contributed by atoms with Crippen molar-refractivity contribution in [3.8, 4) is 0 Å². The standard InChI is InChI=1S/C16H13N3O4S2/c1-8-9(2)25-15-13(8)14(21)17-16(18-15)24-7-12(20)10-3-5-11(6-4-10)19(22)23/h3-6H,7H2,1-2H3,(H,17,18,21). The van der Waals surface area contributed by atoms with E-state index in [0.29, 0.717) is 20.9 Å². The quantitative estimate of drug-likeness (QED) is 0.241. The number of aromatic amines is 1. The van der Waals surface area contributed by atoms with E-state index < -0.39 is 4.92 Å². The predicted octanol–water partition coefficient (Wildman–Crippen LogP) is 3.48. The van der Waals surface area contributed by atoms with Crippen molar-refractivity contribution in [2.45, 2.75) is 19.0 Å². The molecule has 0 bridgehead atoms. The number of hydrogen-bond donors (Lipinski definition) is 1. The second kappa shape index (κ2) is 6.77. The molecule has 0 fully saturated rings. The Morgan fingerprint density at radius 2 is 2.00 bits per heavy atom. The van der Waals surface area contributed by atoms with E-state index in [1.54, 1.807) is 0 Å². The predicted molar refractivity (Wildman–Crippen MR) is 97.9 cm³/mol. The number of carbonyl (C=O) groups excluding carboxylic acids is 1. The molecule has 0 saturated carbocycles. The van der Waals surface area contributed by atoms with E-state index in [1.165, 1.54) is 35.6 Å². The Kier molecular flexibility index (Phi) is 4.69. The summed E-state index contributed by atoms with van der Waals surface area (Å²) in [5.41, 5.74) is 1.03. The van der Waals surface area contributed by atoms with E-state index in [2.05, 4.69) is 9.97 Å². The molecule has 128 valence electrons. The van der Waals surface area contributed by atoms with E-state index in [-0.39, 0.29) is 22.8 Å². The molecule has 0 aliphatic carbocycles. The largest absolute Gasteiger partial charge is 0.301 e. The van der Waals surface area contributed by atoms with Crippen molar-refractivity contribution >= 4 is 44.8 Å². The third-order valence-corrected chi connectivity index (χ3v) is 5.73. The van der Waals surface area contributed by atoms with E-state index in [4.69, 9.17) is 0 Å². The van der Waals surface area contributed by atoms with Crippen LogP contribution in [0.1, 0.15) is 20.8 Å². The summed E-state index contributed by atoms with van der Waals surface area (Å²) >= 11 is 2.58. The second-order valence-corrected chi connectivity index (χ2v) is 7.52. The van der Waals surface area contributed by atoms with Gasteiger partial charge in [-0.25, -0.2) is 4.98 Å². The Morgan fingerprint density at radius 1 is 1.32 bits per heavy atom. The smallest absolute Gasteiger partial charge is 0.269 e. The Bertz CT molecular complexity index is 1040. The number of nitro benzene ring substituents is 1. The highest BCUT2D eigenvalue weighted by Gasteiger charge is 2.14. The number of fused-ring (bicyclic) bond motifs is 1. The van der Waals surface area contributed by atoms with Crippen LogP contribution in [0.3, 0.4) is 0 Å². The van der Waals surface area contributed by atoms with Gasteiger partial charge in [-0.15, -0.1) is 11.3 Å². The fourth-order valence-electron chi connectivity index (χ4n) is 2.29. The molecule has 0 aliphatic heterocycles. The van der Waals surface area contributed by atoms with Crippen molar-refractivity contribution in [3.63, 3.8) is 0 Å². The first-order chi connectivity index (χ1) is 11.9. The molecule has 0 spiro atoms. The van der Waals surface area contributed by atoms with E-state index in [1.807, 2.05) is 13.8 Å². The number of non-ortho nitro benzene ring substituents is 1. The van der Waals surface area contributed by atoms with Crippen LogP contribution < -0.4 is 5.56 Å². The maximum atomic E-state index is 12.2. The van der Waals surface area contributed by atoms with Crippen LogP contribution in [0.2, 0.25) is 0 Å². The molecule has 2 aromatic heterocycles. The number of thiophene rings is 1. The Labute approximate surface area is 150 Å². The molecule has 1 aromatic carbocycles. The first-order valence-corrected chi connectivity index (χ1v) is 9.07. The molecule has 1 N–H and O–H groups in total. The van der Waals surface area contributed by atoms with Crippen molar-refractivity contribution in [3.05, 3.63) is 60.7 Å². The van der Waals surface area contributed by atoms with Crippen molar-refractivity contribution in [1.82, 2.24) is 9.97 Å². The normalized spacial score (nSPS) is 11.0. The molecule has 2 heterocycles. The van der Waals surface area contributed by atoms with Gasteiger partial charge in [0.15, 0.2) is 10.9 Å². The molecular weight excluding hydrogens is 362 g/mol. The number of benzene rings is 1. The first-order valence-electron chi connectivity index (χ1n) is 7.27. The van der Waals surface area contributed by atoms with Gasteiger partial charge in [-0.3, -0.25) is 19.7 Å². The molecule has 3 rings (SSSR count). The molecule has 0 amide bonds. The van der Waals surface area contributed by atoms with Crippen molar-refractivity contribution in [2.24, 2.45) is 0 Å². The van der Waals surface area contributed by atoms with Gasteiger partial charge in [0.25, 0.3) is 11.2 Å². The van der Waals surface area contributed by atoms with Gasteiger partial charge in [0.2, 0.25) is 0 Å². The summed E-state index contributed by atoms with van der Waals surface area (Å²) < 4.78 is 0. The summed E-state index contributed by atoms with van der Waals surface area (Å²) in [6.07, 6.45) is 0. The second-order valence-electron chi connectivity index (χ2n) is 5.35. The van der Waals surface area contributed by atoms with Gasteiger partial charge >= 0.3 is 0 Å². The van der Waals surface area contributed by atoms with E-state index in [0.717, 1.165) is 22.2 Å². The summed E-state index contributed by atoms with van der Waals surface area (Å²) in [7, 11) is 0. The lowest BCUT2D eigenvalue weighted by atomic mass is 10.1. The third-order valence-electron chi connectivity index (χ3n) is 3.76. The van der Waals surface area contributed by atoms with Crippen LogP contribution in [-0.2, 0) is 0 Å². The lowest BCUT2D eigenvalue weighted by Crippen LogP contribution is -2.10. The number of nitrogens with zero attached hydrogens (tertiary/aromatic N) is 2. The van der Waals surface area contributed by atoms with Gasteiger partial charge in [0, 0.05) is 22.6 Å². The minimum Gasteiger partial charge on any atom is -0.301 e. The minimum absolute atomic E-state index is 0.0657. The van der Waals surface area contributed by atoms with Crippen molar-refractivity contribution < 1.29 is 9.72 Å². The average molecular weight is 375 g/mol. The van der Waals surface area contributed by atoms with Gasteiger partial charge in [-0.1, -0.05) is 11.8 Å². The van der Waals surface area contributed by atoms with E-state index >= 15 is 0 Å². The Balaban J connectivity index is 1.77. The number of nitrogens with one attached hydrogen (secondary N) is 1.